The van der Waals surface area contributed by atoms with Crippen LogP contribution in [0.5, 0.6) is 0 Å². The van der Waals surface area contributed by atoms with Crippen molar-refractivity contribution in [2.75, 3.05) is 0 Å². The van der Waals surface area contributed by atoms with Gasteiger partial charge in [0.25, 0.3) is 0 Å². The third-order valence-corrected chi connectivity index (χ3v) is 4.18. The first-order valence-electron chi connectivity index (χ1n) is 7.56. The number of aryl methyl sites for hydroxylation is 1. The van der Waals surface area contributed by atoms with Gasteiger partial charge in [-0.25, -0.2) is 0 Å². The highest BCUT2D eigenvalue weighted by molar-refractivity contribution is 5.98. The molecule has 106 valence electrons. The molecule has 0 fully saturated rings. The Kier molecular flexibility index (Phi) is 3.33. The molecule has 0 aliphatic heterocycles. The van der Waals surface area contributed by atoms with Crippen molar-refractivity contribution in [2.45, 2.75) is 33.1 Å². The molecule has 0 nitrogen and oxygen atoms in total. The average molecular weight is 274 g/mol. The summed E-state index contributed by atoms with van der Waals surface area (Å²) in [6.45, 7) is 8.96. The molecule has 0 N–H and O–H groups in total. The summed E-state index contributed by atoms with van der Waals surface area (Å²) in [6.07, 6.45) is 0. The van der Waals surface area contributed by atoms with Gasteiger partial charge in [0.1, 0.15) is 0 Å². The van der Waals surface area contributed by atoms with Gasteiger partial charge < -0.3 is 0 Å². The van der Waals surface area contributed by atoms with Crippen molar-refractivity contribution in [3.63, 3.8) is 0 Å². The highest BCUT2D eigenvalue weighted by Crippen LogP contribution is 2.33. The van der Waals surface area contributed by atoms with E-state index in [0.717, 1.165) is 0 Å². The van der Waals surface area contributed by atoms with Crippen LogP contribution in [0, 0.1) is 6.92 Å². The summed E-state index contributed by atoms with van der Waals surface area (Å²) in [5, 5.41) is 2.64. The van der Waals surface area contributed by atoms with Crippen molar-refractivity contribution in [3.05, 3.63) is 71.8 Å². The van der Waals surface area contributed by atoms with Crippen molar-refractivity contribution < 1.29 is 0 Å². The van der Waals surface area contributed by atoms with Crippen LogP contribution >= 0.6 is 0 Å². The van der Waals surface area contributed by atoms with Crippen molar-refractivity contribution >= 4 is 10.8 Å². The molecule has 0 atom stereocenters. The smallest absolute Gasteiger partial charge is 0.00761 e. The normalized spacial score (nSPS) is 11.8. The minimum Gasteiger partial charge on any atom is -0.0616 e. The molecule has 0 aliphatic rings. The first-order chi connectivity index (χ1) is 9.97. The van der Waals surface area contributed by atoms with Gasteiger partial charge in [-0.05, 0) is 45.4 Å². The molecule has 21 heavy (non-hydrogen) atoms. The molecular weight excluding hydrogens is 252 g/mol. The molecule has 0 aliphatic carbocycles. The van der Waals surface area contributed by atoms with E-state index in [-0.39, 0.29) is 5.41 Å². The van der Waals surface area contributed by atoms with Crippen LogP contribution in [0.15, 0.2) is 60.7 Å². The zero-order valence-corrected chi connectivity index (χ0v) is 13.3. The Morgan fingerprint density at radius 1 is 0.714 bits per heavy atom. The topological polar surface area (TPSA) is 0 Å². The van der Waals surface area contributed by atoms with Crippen LogP contribution in [-0.4, -0.2) is 0 Å². The Bertz CT molecular complexity index is 771. The van der Waals surface area contributed by atoms with E-state index in [4.69, 9.17) is 0 Å². The fourth-order valence-electron chi connectivity index (χ4n) is 2.90. The minimum atomic E-state index is 0.201. The molecule has 3 rings (SSSR count). The van der Waals surface area contributed by atoms with E-state index in [2.05, 4.69) is 88.4 Å². The number of hydrogen-bond donors (Lipinski definition) is 0. The molecule has 0 aromatic heterocycles. The number of benzene rings is 3. The molecule has 0 spiro atoms. The van der Waals surface area contributed by atoms with Crippen molar-refractivity contribution in [1.82, 2.24) is 0 Å². The third-order valence-electron chi connectivity index (χ3n) is 4.18. The van der Waals surface area contributed by atoms with Crippen molar-refractivity contribution in [2.24, 2.45) is 0 Å². The van der Waals surface area contributed by atoms with Crippen LogP contribution in [-0.2, 0) is 5.41 Å². The standard InChI is InChI=1S/C21H22/c1-15-9-10-16-7-5-6-8-19(16)20(15)17-11-13-18(14-12-17)21(2,3)4/h5-14H,1-4H3. The highest BCUT2D eigenvalue weighted by atomic mass is 14.2. The average Bonchev–Trinajstić information content (AvgIpc) is 2.46. The predicted molar refractivity (Wildman–Crippen MR) is 92.8 cm³/mol. The van der Waals surface area contributed by atoms with E-state index in [1.165, 1.54) is 33.0 Å². The summed E-state index contributed by atoms with van der Waals surface area (Å²) in [4.78, 5) is 0. The van der Waals surface area contributed by atoms with Crippen LogP contribution < -0.4 is 0 Å². The highest BCUT2D eigenvalue weighted by Gasteiger charge is 2.14. The fraction of sp³-hybridized carbons (Fsp3) is 0.238. The lowest BCUT2D eigenvalue weighted by molar-refractivity contribution is 0.590. The zero-order valence-electron chi connectivity index (χ0n) is 13.3. The van der Waals surface area contributed by atoms with Gasteiger partial charge in [-0.15, -0.1) is 0 Å². The zero-order chi connectivity index (χ0) is 15.0. The van der Waals surface area contributed by atoms with Crippen LogP contribution in [0.3, 0.4) is 0 Å². The van der Waals surface area contributed by atoms with Gasteiger partial charge in [-0.2, -0.15) is 0 Å². The van der Waals surface area contributed by atoms with E-state index in [1.54, 1.807) is 0 Å². The molecular formula is C21H22. The quantitative estimate of drug-likeness (QED) is 0.502. The molecule has 0 radical (unpaired) electrons. The third kappa shape index (κ3) is 2.58. The minimum absolute atomic E-state index is 0.201. The maximum absolute atomic E-state index is 2.26. The van der Waals surface area contributed by atoms with Crippen LogP contribution in [0.25, 0.3) is 21.9 Å². The number of fused-ring (bicyclic) bond motifs is 1. The Morgan fingerprint density at radius 2 is 1.38 bits per heavy atom. The van der Waals surface area contributed by atoms with Crippen molar-refractivity contribution in [3.8, 4) is 11.1 Å². The first kappa shape index (κ1) is 13.9. The largest absolute Gasteiger partial charge is 0.0616 e. The van der Waals surface area contributed by atoms with Crippen LogP contribution in [0.1, 0.15) is 31.9 Å². The van der Waals surface area contributed by atoms with E-state index in [1.807, 2.05) is 0 Å². The number of rotatable bonds is 1. The maximum Gasteiger partial charge on any atom is -0.00761 e. The molecule has 0 unspecified atom stereocenters. The van der Waals surface area contributed by atoms with Crippen molar-refractivity contribution in [1.29, 1.82) is 0 Å². The Balaban J connectivity index is 2.19. The molecule has 0 amide bonds. The first-order valence-corrected chi connectivity index (χ1v) is 7.56. The van der Waals surface area contributed by atoms with Gasteiger partial charge in [0.15, 0.2) is 0 Å². The van der Waals surface area contributed by atoms with E-state index in [9.17, 15) is 0 Å². The van der Waals surface area contributed by atoms with E-state index in [0.29, 0.717) is 0 Å². The molecule has 0 heteroatoms. The summed E-state index contributed by atoms with van der Waals surface area (Å²) in [5.41, 5.74) is 5.57. The van der Waals surface area contributed by atoms with Gasteiger partial charge in [0, 0.05) is 0 Å². The van der Waals surface area contributed by atoms with Gasteiger partial charge in [-0.3, -0.25) is 0 Å². The van der Waals surface area contributed by atoms with Crippen LogP contribution in [0.4, 0.5) is 0 Å². The summed E-state index contributed by atoms with van der Waals surface area (Å²) in [6, 6.07) is 22.1. The SMILES string of the molecule is Cc1ccc2ccccc2c1-c1ccc(C(C)(C)C)cc1. The summed E-state index contributed by atoms with van der Waals surface area (Å²) in [7, 11) is 0. The molecule has 3 aromatic carbocycles. The summed E-state index contributed by atoms with van der Waals surface area (Å²) < 4.78 is 0. The predicted octanol–water partition coefficient (Wildman–Crippen LogP) is 6.11. The lowest BCUT2D eigenvalue weighted by Gasteiger charge is -2.19. The summed E-state index contributed by atoms with van der Waals surface area (Å²) >= 11 is 0. The second-order valence-electron chi connectivity index (χ2n) is 6.81. The Morgan fingerprint density at radius 3 is 2.05 bits per heavy atom. The number of hydrogen-bond acceptors (Lipinski definition) is 0. The molecule has 0 saturated heterocycles. The van der Waals surface area contributed by atoms with E-state index < -0.39 is 0 Å². The Hall–Kier alpha value is -2.08. The second kappa shape index (κ2) is 5.04. The molecule has 0 saturated carbocycles. The molecule has 3 aromatic rings. The summed E-state index contributed by atoms with van der Waals surface area (Å²) in [5.74, 6) is 0. The lowest BCUT2D eigenvalue weighted by Crippen LogP contribution is -2.10. The Labute approximate surface area is 127 Å². The van der Waals surface area contributed by atoms with E-state index >= 15 is 0 Å². The lowest BCUT2D eigenvalue weighted by atomic mass is 9.85. The maximum atomic E-state index is 2.26. The van der Waals surface area contributed by atoms with Gasteiger partial charge >= 0.3 is 0 Å². The molecule has 0 bridgehead atoms. The van der Waals surface area contributed by atoms with Gasteiger partial charge in [0.05, 0.1) is 0 Å². The van der Waals surface area contributed by atoms with Gasteiger partial charge in [-0.1, -0.05) is 81.4 Å². The van der Waals surface area contributed by atoms with Crippen LogP contribution in [0.2, 0.25) is 0 Å². The molecule has 0 heterocycles. The fourth-order valence-corrected chi connectivity index (χ4v) is 2.90. The second-order valence-corrected chi connectivity index (χ2v) is 6.81. The van der Waals surface area contributed by atoms with Gasteiger partial charge in [0.2, 0.25) is 0 Å². The monoisotopic (exact) mass is 274 g/mol.